The van der Waals surface area contributed by atoms with E-state index in [2.05, 4.69) is 10.6 Å². The van der Waals surface area contributed by atoms with Crippen molar-refractivity contribution < 1.29 is 20.1 Å². The van der Waals surface area contributed by atoms with E-state index >= 15 is 0 Å². The number of aryl methyl sites for hydroxylation is 1. The standard InChI is InChI=1S/C15H21N3O4S/c19-7-5-18(6-8-20)15(23)16-11-2-4-12-10(9-11)1-3-13(17-12)14(21)22/h2,4,9,13,17,19-20H,1,3,5-8H2,(H,16,23)(H,21,22). The van der Waals surface area contributed by atoms with Crippen molar-refractivity contribution in [2.45, 2.75) is 18.9 Å². The maximum absolute atomic E-state index is 11.0. The van der Waals surface area contributed by atoms with E-state index in [9.17, 15) is 4.79 Å². The van der Waals surface area contributed by atoms with Gasteiger partial charge in [0.05, 0.1) is 13.2 Å². The lowest BCUT2D eigenvalue weighted by Crippen LogP contribution is -2.38. The van der Waals surface area contributed by atoms with Crippen LogP contribution in [-0.2, 0) is 11.2 Å². The zero-order valence-electron chi connectivity index (χ0n) is 12.7. The van der Waals surface area contributed by atoms with Gasteiger partial charge in [-0.1, -0.05) is 0 Å². The summed E-state index contributed by atoms with van der Waals surface area (Å²) < 4.78 is 0. The van der Waals surface area contributed by atoms with Gasteiger partial charge < -0.3 is 30.9 Å². The van der Waals surface area contributed by atoms with E-state index in [-0.39, 0.29) is 13.2 Å². The minimum atomic E-state index is -0.845. The molecule has 1 atom stereocenters. The SMILES string of the molecule is O=C(O)C1CCc2cc(NC(=S)N(CCO)CCO)ccc2N1. The van der Waals surface area contributed by atoms with Crippen LogP contribution in [-0.4, -0.2) is 63.6 Å². The zero-order valence-corrected chi connectivity index (χ0v) is 13.5. The first-order chi connectivity index (χ1) is 11.0. The van der Waals surface area contributed by atoms with Gasteiger partial charge in [0.2, 0.25) is 0 Å². The number of anilines is 2. The summed E-state index contributed by atoms with van der Waals surface area (Å²) in [5.41, 5.74) is 2.65. The molecule has 2 rings (SSSR count). The average molecular weight is 339 g/mol. The summed E-state index contributed by atoms with van der Waals surface area (Å²) in [6.07, 6.45) is 1.22. The third kappa shape index (κ3) is 4.54. The van der Waals surface area contributed by atoms with Crippen LogP contribution >= 0.6 is 12.2 Å². The number of nitrogens with zero attached hydrogens (tertiary/aromatic N) is 1. The van der Waals surface area contributed by atoms with Gasteiger partial charge in [0.1, 0.15) is 6.04 Å². The lowest BCUT2D eigenvalue weighted by Gasteiger charge is -2.26. The van der Waals surface area contributed by atoms with E-state index in [0.29, 0.717) is 31.0 Å². The molecule has 0 saturated carbocycles. The van der Waals surface area contributed by atoms with Gasteiger partial charge in [-0.3, -0.25) is 0 Å². The molecule has 7 nitrogen and oxygen atoms in total. The Morgan fingerprint density at radius 2 is 2.04 bits per heavy atom. The van der Waals surface area contributed by atoms with Crippen molar-refractivity contribution in [2.75, 3.05) is 36.9 Å². The van der Waals surface area contributed by atoms with Gasteiger partial charge in [0, 0.05) is 24.5 Å². The molecule has 23 heavy (non-hydrogen) atoms. The molecule has 1 aliphatic heterocycles. The molecular formula is C15H21N3O4S. The summed E-state index contributed by atoms with van der Waals surface area (Å²) in [6, 6.07) is 5.03. The van der Waals surface area contributed by atoms with Crippen molar-refractivity contribution in [2.24, 2.45) is 0 Å². The molecule has 0 amide bonds. The summed E-state index contributed by atoms with van der Waals surface area (Å²) >= 11 is 5.30. The van der Waals surface area contributed by atoms with E-state index in [1.807, 2.05) is 18.2 Å². The Balaban J connectivity index is 2.05. The van der Waals surface area contributed by atoms with Crippen LogP contribution in [0.3, 0.4) is 0 Å². The van der Waals surface area contributed by atoms with E-state index < -0.39 is 12.0 Å². The quantitative estimate of drug-likeness (QED) is 0.477. The molecule has 0 aromatic heterocycles. The Bertz CT molecular complexity index is 576. The number of nitrogens with one attached hydrogen (secondary N) is 2. The Hall–Kier alpha value is -1.90. The van der Waals surface area contributed by atoms with E-state index in [1.165, 1.54) is 0 Å². The van der Waals surface area contributed by atoms with Gasteiger partial charge in [-0.15, -0.1) is 0 Å². The fraction of sp³-hybridized carbons (Fsp3) is 0.467. The second-order valence-electron chi connectivity index (χ2n) is 5.31. The number of aliphatic hydroxyl groups is 2. The lowest BCUT2D eigenvalue weighted by atomic mass is 9.97. The normalized spacial score (nSPS) is 16.2. The van der Waals surface area contributed by atoms with Crippen molar-refractivity contribution in [3.63, 3.8) is 0 Å². The number of carboxylic acids is 1. The van der Waals surface area contributed by atoms with Crippen LogP contribution in [0.1, 0.15) is 12.0 Å². The number of fused-ring (bicyclic) bond motifs is 1. The minimum Gasteiger partial charge on any atom is -0.480 e. The molecule has 0 bridgehead atoms. The first-order valence-electron chi connectivity index (χ1n) is 7.45. The Morgan fingerprint density at radius 1 is 1.35 bits per heavy atom. The molecule has 0 aliphatic carbocycles. The van der Waals surface area contributed by atoms with Crippen LogP contribution < -0.4 is 10.6 Å². The number of carbonyl (C=O) groups is 1. The number of hydrogen-bond donors (Lipinski definition) is 5. The van der Waals surface area contributed by atoms with Gasteiger partial charge in [-0.05, 0) is 48.8 Å². The van der Waals surface area contributed by atoms with E-state index in [0.717, 1.165) is 16.9 Å². The number of rotatable bonds is 6. The number of carboxylic acid groups (broad SMARTS) is 1. The summed E-state index contributed by atoms with van der Waals surface area (Å²) in [5, 5.41) is 33.7. The van der Waals surface area contributed by atoms with Crippen molar-refractivity contribution in [1.29, 1.82) is 0 Å². The summed E-state index contributed by atoms with van der Waals surface area (Å²) in [4.78, 5) is 12.7. The molecule has 1 aromatic carbocycles. The molecule has 0 saturated heterocycles. The minimum absolute atomic E-state index is 0.0491. The smallest absolute Gasteiger partial charge is 0.326 e. The van der Waals surface area contributed by atoms with E-state index in [1.54, 1.807) is 4.90 Å². The molecule has 0 spiro atoms. The third-order valence-electron chi connectivity index (χ3n) is 3.71. The van der Waals surface area contributed by atoms with Gasteiger partial charge >= 0.3 is 5.97 Å². The summed E-state index contributed by atoms with van der Waals surface area (Å²) in [7, 11) is 0. The van der Waals surface area contributed by atoms with E-state index in [4.69, 9.17) is 27.5 Å². The Kier molecular flexibility index (Phi) is 6.14. The molecule has 1 heterocycles. The highest BCUT2D eigenvalue weighted by Crippen LogP contribution is 2.27. The molecule has 0 fully saturated rings. The number of aliphatic carboxylic acids is 1. The highest BCUT2D eigenvalue weighted by atomic mass is 32.1. The molecule has 0 radical (unpaired) electrons. The number of aliphatic hydroxyl groups excluding tert-OH is 2. The molecule has 126 valence electrons. The van der Waals surface area contributed by atoms with Crippen LogP contribution in [0, 0.1) is 0 Å². The molecule has 1 aromatic rings. The van der Waals surface area contributed by atoms with Gasteiger partial charge in [0.25, 0.3) is 0 Å². The van der Waals surface area contributed by atoms with Crippen LogP contribution in [0.25, 0.3) is 0 Å². The summed E-state index contributed by atoms with van der Waals surface area (Å²) in [5.74, 6) is -0.845. The Labute approximate surface area is 139 Å². The fourth-order valence-corrected chi connectivity index (χ4v) is 2.82. The van der Waals surface area contributed by atoms with Gasteiger partial charge in [-0.25, -0.2) is 4.79 Å². The molecule has 1 aliphatic rings. The monoisotopic (exact) mass is 339 g/mol. The molecular weight excluding hydrogens is 318 g/mol. The maximum Gasteiger partial charge on any atom is 0.326 e. The number of hydrogen-bond acceptors (Lipinski definition) is 5. The topological polar surface area (TPSA) is 105 Å². The fourth-order valence-electron chi connectivity index (χ4n) is 2.52. The van der Waals surface area contributed by atoms with Crippen LogP contribution in [0.15, 0.2) is 18.2 Å². The predicted molar refractivity (Wildman–Crippen MR) is 91.8 cm³/mol. The maximum atomic E-state index is 11.0. The van der Waals surface area contributed by atoms with Crippen LogP contribution in [0.4, 0.5) is 11.4 Å². The summed E-state index contributed by atoms with van der Waals surface area (Å²) in [6.45, 7) is 0.595. The third-order valence-corrected chi connectivity index (χ3v) is 4.07. The first kappa shape index (κ1) is 17.5. The largest absolute Gasteiger partial charge is 0.480 e. The van der Waals surface area contributed by atoms with Crippen molar-refractivity contribution in [3.8, 4) is 0 Å². The van der Waals surface area contributed by atoms with Gasteiger partial charge in [0.15, 0.2) is 5.11 Å². The second-order valence-corrected chi connectivity index (χ2v) is 5.70. The highest BCUT2D eigenvalue weighted by molar-refractivity contribution is 7.80. The average Bonchev–Trinajstić information content (AvgIpc) is 2.54. The second kappa shape index (κ2) is 8.09. The molecule has 5 N–H and O–H groups in total. The molecule has 8 heteroatoms. The predicted octanol–water partition coefficient (Wildman–Crippen LogP) is 0.481. The first-order valence-corrected chi connectivity index (χ1v) is 7.86. The van der Waals surface area contributed by atoms with Gasteiger partial charge in [-0.2, -0.15) is 0 Å². The van der Waals surface area contributed by atoms with Crippen molar-refractivity contribution in [1.82, 2.24) is 4.90 Å². The Morgan fingerprint density at radius 3 is 2.65 bits per heavy atom. The van der Waals surface area contributed by atoms with Crippen LogP contribution in [0.5, 0.6) is 0 Å². The van der Waals surface area contributed by atoms with Crippen molar-refractivity contribution >= 4 is 34.7 Å². The lowest BCUT2D eigenvalue weighted by molar-refractivity contribution is -0.138. The van der Waals surface area contributed by atoms with Crippen LogP contribution in [0.2, 0.25) is 0 Å². The highest BCUT2D eigenvalue weighted by Gasteiger charge is 2.23. The van der Waals surface area contributed by atoms with Crippen molar-refractivity contribution in [3.05, 3.63) is 23.8 Å². The molecule has 1 unspecified atom stereocenters. The number of thiocarbonyl (C=S) groups is 1. The zero-order chi connectivity index (χ0) is 16.8. The number of benzene rings is 1.